The van der Waals surface area contributed by atoms with Crippen LogP contribution in [-0.4, -0.2) is 24.8 Å². The number of ether oxygens (including phenoxy) is 2. The average Bonchev–Trinajstić information content (AvgIpc) is 2.20. The van der Waals surface area contributed by atoms with Gasteiger partial charge in [-0.3, -0.25) is 0 Å². The Morgan fingerprint density at radius 2 is 2.15 bits per heavy atom. The third kappa shape index (κ3) is 2.37. The van der Waals surface area contributed by atoms with Crippen LogP contribution in [0.1, 0.15) is 5.56 Å². The van der Waals surface area contributed by atoms with Gasteiger partial charge in [-0.15, -0.1) is 0 Å². The van der Waals surface area contributed by atoms with Gasteiger partial charge in [0, 0.05) is 0 Å². The summed E-state index contributed by atoms with van der Waals surface area (Å²) in [6, 6.07) is 5.97. The van der Waals surface area contributed by atoms with Crippen LogP contribution in [-0.2, 0) is 6.61 Å². The van der Waals surface area contributed by atoms with Gasteiger partial charge in [0.25, 0.3) is 0 Å². The van der Waals surface area contributed by atoms with Crippen molar-refractivity contribution >= 4 is 7.69 Å². The molecule has 13 heavy (non-hydrogen) atoms. The Bertz CT molecular complexity index is 277. The van der Waals surface area contributed by atoms with Gasteiger partial charge in [0.2, 0.25) is 0 Å². The van der Waals surface area contributed by atoms with Crippen LogP contribution in [0.4, 0.5) is 0 Å². The second-order valence-electron chi connectivity index (χ2n) is 2.39. The Hall–Kier alpha value is -1.20. The van der Waals surface area contributed by atoms with E-state index in [1.807, 2.05) is 18.2 Å². The first kappa shape index (κ1) is 9.89. The molecule has 0 saturated carbocycles. The van der Waals surface area contributed by atoms with Crippen LogP contribution in [0.3, 0.4) is 0 Å². The third-order valence-corrected chi connectivity index (χ3v) is 1.62. The van der Waals surface area contributed by atoms with E-state index in [2.05, 4.69) is 0 Å². The van der Waals surface area contributed by atoms with Gasteiger partial charge in [-0.05, 0) is 17.7 Å². The minimum absolute atomic E-state index is 0. The summed E-state index contributed by atoms with van der Waals surface area (Å²) in [6.07, 6.45) is 0. The quantitative estimate of drug-likeness (QED) is 0.603. The lowest BCUT2D eigenvalue weighted by Gasteiger charge is -2.17. The van der Waals surface area contributed by atoms with E-state index in [1.54, 1.807) is 7.11 Å². The standard InChI is InChI=1S/C8H8O2.BH2O2/c1-9-8-4-6-2-3-7(8)10-5-6;2-1-3/h2-4H,5H2,1H3;2-3H. The van der Waals surface area contributed by atoms with Gasteiger partial charge >= 0.3 is 7.69 Å². The van der Waals surface area contributed by atoms with Crippen LogP contribution in [0.25, 0.3) is 0 Å². The Labute approximate surface area is 77.0 Å². The number of fused-ring (bicyclic) bond motifs is 3. The highest BCUT2D eigenvalue weighted by Gasteiger charge is 2.11. The van der Waals surface area contributed by atoms with E-state index >= 15 is 0 Å². The fourth-order valence-corrected chi connectivity index (χ4v) is 1.08. The Balaban J connectivity index is 0.000000251. The van der Waals surface area contributed by atoms with Crippen LogP contribution in [0, 0.1) is 0 Å². The molecule has 2 bridgehead atoms. The molecule has 0 spiro atoms. The van der Waals surface area contributed by atoms with Crippen molar-refractivity contribution in [3.8, 4) is 11.5 Å². The number of rotatable bonds is 1. The third-order valence-electron chi connectivity index (χ3n) is 1.62. The summed E-state index contributed by atoms with van der Waals surface area (Å²) in [6.45, 7) is 0.693. The number of hydrogen-bond donors (Lipinski definition) is 2. The Morgan fingerprint density at radius 3 is 2.38 bits per heavy atom. The molecule has 69 valence electrons. The zero-order valence-electron chi connectivity index (χ0n) is 7.23. The van der Waals surface area contributed by atoms with E-state index in [0.29, 0.717) is 6.61 Å². The fraction of sp³-hybridized carbons (Fsp3) is 0.250. The molecule has 1 radical (unpaired) electrons. The van der Waals surface area contributed by atoms with Crippen LogP contribution in [0.5, 0.6) is 11.5 Å². The lowest BCUT2D eigenvalue weighted by molar-refractivity contribution is 0.269. The van der Waals surface area contributed by atoms with Gasteiger partial charge in [-0.25, -0.2) is 0 Å². The molecule has 4 nitrogen and oxygen atoms in total. The zero-order valence-corrected chi connectivity index (χ0v) is 7.23. The Kier molecular flexibility index (Phi) is 3.61. The first-order valence-electron chi connectivity index (χ1n) is 3.71. The highest BCUT2D eigenvalue weighted by molar-refractivity contribution is 6.13. The molecule has 0 fully saturated rings. The summed E-state index contributed by atoms with van der Waals surface area (Å²) >= 11 is 0. The summed E-state index contributed by atoms with van der Waals surface area (Å²) in [5.74, 6) is 1.68. The van der Waals surface area contributed by atoms with Crippen molar-refractivity contribution in [2.75, 3.05) is 7.11 Å². The van der Waals surface area contributed by atoms with Crippen molar-refractivity contribution in [1.82, 2.24) is 0 Å². The van der Waals surface area contributed by atoms with Crippen molar-refractivity contribution in [1.29, 1.82) is 0 Å². The molecule has 2 aliphatic heterocycles. The summed E-state index contributed by atoms with van der Waals surface area (Å²) in [4.78, 5) is 0. The average molecular weight is 181 g/mol. The molecule has 5 heteroatoms. The van der Waals surface area contributed by atoms with Crippen molar-refractivity contribution in [3.05, 3.63) is 23.8 Å². The Morgan fingerprint density at radius 1 is 1.46 bits per heavy atom. The number of benzene rings is 1. The first-order valence-corrected chi connectivity index (χ1v) is 3.71. The van der Waals surface area contributed by atoms with E-state index in [-0.39, 0.29) is 7.69 Å². The minimum atomic E-state index is 0. The summed E-state index contributed by atoms with van der Waals surface area (Å²) in [5.41, 5.74) is 1.17. The summed E-state index contributed by atoms with van der Waals surface area (Å²) in [5, 5.41) is 14.0. The van der Waals surface area contributed by atoms with Gasteiger partial charge in [-0.1, -0.05) is 6.07 Å². The maximum atomic E-state index is 7.00. The lowest BCUT2D eigenvalue weighted by Crippen LogP contribution is -2.03. The smallest absolute Gasteiger partial charge is 0.482 e. The molecule has 2 N–H and O–H groups in total. The number of methoxy groups -OCH3 is 1. The normalized spacial score (nSPS) is 11.0. The van der Waals surface area contributed by atoms with Crippen molar-refractivity contribution in [3.63, 3.8) is 0 Å². The predicted octanol–water partition coefficient (Wildman–Crippen LogP) is 0.0928. The van der Waals surface area contributed by atoms with Gasteiger partial charge in [-0.2, -0.15) is 0 Å². The van der Waals surface area contributed by atoms with Crippen LogP contribution in [0.15, 0.2) is 18.2 Å². The molecule has 1 aromatic rings. The fourth-order valence-electron chi connectivity index (χ4n) is 1.08. The molecule has 0 aromatic heterocycles. The van der Waals surface area contributed by atoms with Gasteiger partial charge < -0.3 is 19.5 Å². The lowest BCUT2D eigenvalue weighted by atomic mass is 10.2. The first-order chi connectivity index (χ1) is 6.31. The molecule has 0 unspecified atom stereocenters. The maximum absolute atomic E-state index is 7.00. The van der Waals surface area contributed by atoms with E-state index in [9.17, 15) is 0 Å². The second kappa shape index (κ2) is 4.74. The largest absolute Gasteiger partial charge is 0.493 e. The van der Waals surface area contributed by atoms with Crippen molar-refractivity contribution in [2.24, 2.45) is 0 Å². The molecule has 2 heterocycles. The van der Waals surface area contributed by atoms with Gasteiger partial charge in [0.05, 0.1) is 7.11 Å². The van der Waals surface area contributed by atoms with E-state index in [0.717, 1.165) is 11.5 Å². The van der Waals surface area contributed by atoms with Crippen molar-refractivity contribution in [2.45, 2.75) is 6.61 Å². The maximum Gasteiger partial charge on any atom is 0.482 e. The topological polar surface area (TPSA) is 58.9 Å². The van der Waals surface area contributed by atoms with Crippen LogP contribution < -0.4 is 9.47 Å². The highest BCUT2D eigenvalue weighted by atomic mass is 16.5. The molecule has 2 aliphatic rings. The highest BCUT2D eigenvalue weighted by Crippen LogP contribution is 2.32. The minimum Gasteiger partial charge on any atom is -0.493 e. The molecular weight excluding hydrogens is 171 g/mol. The predicted molar refractivity (Wildman–Crippen MR) is 47.5 cm³/mol. The van der Waals surface area contributed by atoms with Crippen molar-refractivity contribution < 1.29 is 19.5 Å². The van der Waals surface area contributed by atoms with E-state index < -0.39 is 0 Å². The summed E-state index contributed by atoms with van der Waals surface area (Å²) < 4.78 is 10.3. The van der Waals surface area contributed by atoms with Gasteiger partial charge in [0.1, 0.15) is 6.61 Å². The van der Waals surface area contributed by atoms with E-state index in [1.165, 1.54) is 5.56 Å². The van der Waals surface area contributed by atoms with Crippen LogP contribution in [0.2, 0.25) is 0 Å². The van der Waals surface area contributed by atoms with E-state index in [4.69, 9.17) is 19.5 Å². The molecular formula is C8H10BO4. The SMILES string of the molecule is COc1cc2ccc1OC2.O[B]O. The van der Waals surface area contributed by atoms with Crippen LogP contribution >= 0.6 is 0 Å². The molecule has 3 rings (SSSR count). The molecule has 0 amide bonds. The molecule has 1 aromatic carbocycles. The molecule has 0 saturated heterocycles. The molecule has 0 atom stereocenters. The molecule has 0 aliphatic carbocycles. The summed E-state index contributed by atoms with van der Waals surface area (Å²) in [7, 11) is 1.65. The monoisotopic (exact) mass is 181 g/mol. The second-order valence-corrected chi connectivity index (χ2v) is 2.39. The number of hydrogen-bond acceptors (Lipinski definition) is 4. The zero-order chi connectivity index (χ0) is 9.68. The van der Waals surface area contributed by atoms with Gasteiger partial charge in [0.15, 0.2) is 11.5 Å².